The van der Waals surface area contributed by atoms with E-state index in [1.165, 1.54) is 0 Å². The van der Waals surface area contributed by atoms with Crippen molar-refractivity contribution in [1.29, 1.82) is 0 Å². The molecule has 0 atom stereocenters. The number of hydrogen-bond acceptors (Lipinski definition) is 7. The van der Waals surface area contributed by atoms with Gasteiger partial charge in [-0.15, -0.1) is 0 Å². The normalized spacial score (nSPS) is 10.4. The summed E-state index contributed by atoms with van der Waals surface area (Å²) in [4.78, 5) is 36.1. The van der Waals surface area contributed by atoms with Crippen LogP contribution in [0.2, 0.25) is 0 Å². The Balaban J connectivity index is 2.82. The van der Waals surface area contributed by atoms with Crippen LogP contribution < -0.4 is 0 Å². The standard InChI is InChI=1S/C9H6N4O6/c1-19-9(16)4-2-5(8(14)15)12-7(11-4)6(3-10-12)13(17)18/h2-3H,1H3,(H,14,15). The summed E-state index contributed by atoms with van der Waals surface area (Å²) >= 11 is 0. The molecule has 10 heteroatoms. The Morgan fingerprint density at radius 1 is 1.53 bits per heavy atom. The van der Waals surface area contributed by atoms with Gasteiger partial charge in [0.2, 0.25) is 5.65 Å². The molecule has 10 nitrogen and oxygen atoms in total. The van der Waals surface area contributed by atoms with Crippen LogP contribution in [0.4, 0.5) is 5.69 Å². The van der Waals surface area contributed by atoms with E-state index in [1.807, 2.05) is 0 Å². The zero-order valence-electron chi connectivity index (χ0n) is 9.43. The number of methoxy groups -OCH3 is 1. The Bertz CT molecular complexity index is 706. The van der Waals surface area contributed by atoms with Gasteiger partial charge in [0.1, 0.15) is 6.20 Å². The van der Waals surface area contributed by atoms with Gasteiger partial charge < -0.3 is 9.84 Å². The first-order valence-corrected chi connectivity index (χ1v) is 4.80. The van der Waals surface area contributed by atoms with Gasteiger partial charge >= 0.3 is 17.6 Å². The van der Waals surface area contributed by atoms with E-state index in [4.69, 9.17) is 5.11 Å². The lowest BCUT2D eigenvalue weighted by Crippen LogP contribution is -2.13. The Morgan fingerprint density at radius 3 is 2.74 bits per heavy atom. The zero-order valence-corrected chi connectivity index (χ0v) is 9.43. The van der Waals surface area contributed by atoms with Crippen LogP contribution >= 0.6 is 0 Å². The lowest BCUT2D eigenvalue weighted by molar-refractivity contribution is -0.383. The molecule has 1 N–H and O–H groups in total. The highest BCUT2D eigenvalue weighted by Gasteiger charge is 2.24. The monoisotopic (exact) mass is 266 g/mol. The lowest BCUT2D eigenvalue weighted by Gasteiger charge is -2.02. The first-order chi connectivity index (χ1) is 8.95. The van der Waals surface area contributed by atoms with Gasteiger partial charge in [0.15, 0.2) is 11.4 Å². The van der Waals surface area contributed by atoms with Gasteiger partial charge in [0.05, 0.1) is 12.0 Å². The minimum atomic E-state index is -1.41. The molecule has 0 radical (unpaired) electrons. The highest BCUT2D eigenvalue weighted by molar-refractivity contribution is 5.93. The summed E-state index contributed by atoms with van der Waals surface area (Å²) in [7, 11) is 1.08. The second-order valence-corrected chi connectivity index (χ2v) is 3.35. The van der Waals surface area contributed by atoms with Crippen LogP contribution in [0.25, 0.3) is 5.65 Å². The molecular weight excluding hydrogens is 260 g/mol. The molecule has 0 unspecified atom stereocenters. The predicted octanol–water partition coefficient (Wildman–Crippen LogP) is 0.122. The van der Waals surface area contributed by atoms with Gasteiger partial charge in [-0.25, -0.2) is 19.1 Å². The number of aromatic nitrogens is 3. The maximum atomic E-state index is 11.4. The smallest absolute Gasteiger partial charge is 0.356 e. The molecule has 2 aromatic heterocycles. The van der Waals surface area contributed by atoms with Crippen LogP contribution in [-0.4, -0.2) is 43.7 Å². The lowest BCUT2D eigenvalue weighted by atomic mass is 10.3. The SMILES string of the molecule is COC(=O)c1cc(C(=O)O)n2ncc([N+](=O)[O-])c2n1. The molecule has 0 aliphatic rings. The zero-order chi connectivity index (χ0) is 14.2. The summed E-state index contributed by atoms with van der Waals surface area (Å²) in [6, 6.07) is 0.928. The number of nitro groups is 1. The van der Waals surface area contributed by atoms with Crippen LogP contribution in [0.1, 0.15) is 21.0 Å². The Kier molecular flexibility index (Phi) is 2.83. The molecule has 0 aliphatic heterocycles. The Hall–Kier alpha value is -3.04. The molecule has 0 saturated carbocycles. The number of ether oxygens (including phenoxy) is 1. The van der Waals surface area contributed by atoms with Crippen molar-refractivity contribution in [3.8, 4) is 0 Å². The van der Waals surface area contributed by atoms with E-state index in [-0.39, 0.29) is 11.3 Å². The molecule has 0 spiro atoms. The van der Waals surface area contributed by atoms with E-state index < -0.39 is 28.2 Å². The number of esters is 1. The molecule has 2 rings (SSSR count). The fourth-order valence-electron chi connectivity index (χ4n) is 1.44. The summed E-state index contributed by atoms with van der Waals surface area (Å²) in [5.41, 5.74) is -1.63. The third kappa shape index (κ3) is 1.94. The first-order valence-electron chi connectivity index (χ1n) is 4.80. The number of rotatable bonds is 3. The Morgan fingerprint density at radius 2 is 2.21 bits per heavy atom. The second-order valence-electron chi connectivity index (χ2n) is 3.35. The van der Waals surface area contributed by atoms with Gasteiger partial charge in [0.25, 0.3) is 0 Å². The molecule has 0 aromatic carbocycles. The molecule has 0 aliphatic carbocycles. The van der Waals surface area contributed by atoms with Crippen molar-refractivity contribution < 1.29 is 24.4 Å². The van der Waals surface area contributed by atoms with Gasteiger partial charge in [-0.2, -0.15) is 5.10 Å². The largest absolute Gasteiger partial charge is 0.477 e. The van der Waals surface area contributed by atoms with E-state index in [9.17, 15) is 19.7 Å². The third-order valence-corrected chi connectivity index (χ3v) is 2.26. The maximum Gasteiger partial charge on any atom is 0.356 e. The number of carboxylic acids is 1. The summed E-state index contributed by atoms with van der Waals surface area (Å²) < 4.78 is 5.17. The van der Waals surface area contributed by atoms with E-state index in [2.05, 4.69) is 14.8 Å². The molecule has 2 heterocycles. The Labute approximate surface area is 104 Å². The van der Waals surface area contributed by atoms with E-state index in [0.717, 1.165) is 23.9 Å². The van der Waals surface area contributed by atoms with Crippen molar-refractivity contribution in [2.45, 2.75) is 0 Å². The van der Waals surface area contributed by atoms with E-state index in [1.54, 1.807) is 0 Å². The first kappa shape index (κ1) is 12.4. The number of carbonyl (C=O) groups is 2. The van der Waals surface area contributed by atoms with Crippen LogP contribution in [0.5, 0.6) is 0 Å². The van der Waals surface area contributed by atoms with Gasteiger partial charge in [-0.05, 0) is 0 Å². The van der Waals surface area contributed by atoms with Crippen molar-refractivity contribution in [3.63, 3.8) is 0 Å². The summed E-state index contributed by atoms with van der Waals surface area (Å²) in [5, 5.41) is 23.3. The second kappa shape index (κ2) is 4.33. The average molecular weight is 266 g/mol. The number of carboxylic acid groups (broad SMARTS) is 1. The van der Waals surface area contributed by atoms with Gasteiger partial charge in [-0.1, -0.05) is 0 Å². The number of aromatic carboxylic acids is 1. The number of hydrogen-bond donors (Lipinski definition) is 1. The highest BCUT2D eigenvalue weighted by Crippen LogP contribution is 2.19. The number of nitrogens with zero attached hydrogens (tertiary/aromatic N) is 4. The van der Waals surface area contributed by atoms with Crippen molar-refractivity contribution in [2.24, 2.45) is 0 Å². The molecule has 98 valence electrons. The van der Waals surface area contributed by atoms with Crippen molar-refractivity contribution in [2.75, 3.05) is 7.11 Å². The summed E-state index contributed by atoms with van der Waals surface area (Å²) in [6.07, 6.45) is 0.857. The molecule has 0 bridgehead atoms. The van der Waals surface area contributed by atoms with Crippen LogP contribution in [0.3, 0.4) is 0 Å². The third-order valence-electron chi connectivity index (χ3n) is 2.26. The van der Waals surface area contributed by atoms with E-state index in [0.29, 0.717) is 0 Å². The quantitative estimate of drug-likeness (QED) is 0.469. The summed E-state index contributed by atoms with van der Waals surface area (Å²) in [5.74, 6) is -2.31. The average Bonchev–Trinajstić information content (AvgIpc) is 2.79. The van der Waals surface area contributed by atoms with Crippen LogP contribution in [-0.2, 0) is 4.74 Å². The van der Waals surface area contributed by atoms with Crippen LogP contribution in [0, 0.1) is 10.1 Å². The molecule has 2 aromatic rings. The summed E-state index contributed by atoms with van der Waals surface area (Å²) in [6.45, 7) is 0. The molecule has 0 amide bonds. The topological polar surface area (TPSA) is 137 Å². The maximum absolute atomic E-state index is 11.4. The molecule has 19 heavy (non-hydrogen) atoms. The number of carbonyl (C=O) groups excluding carboxylic acids is 1. The highest BCUT2D eigenvalue weighted by atomic mass is 16.6. The van der Waals surface area contributed by atoms with Crippen molar-refractivity contribution in [1.82, 2.24) is 14.6 Å². The molecular formula is C9H6N4O6. The van der Waals surface area contributed by atoms with Crippen molar-refractivity contribution in [3.05, 3.63) is 33.8 Å². The fraction of sp³-hybridized carbons (Fsp3) is 0.111. The molecule has 0 saturated heterocycles. The van der Waals surface area contributed by atoms with Crippen molar-refractivity contribution >= 4 is 23.3 Å². The van der Waals surface area contributed by atoms with Gasteiger partial charge in [0, 0.05) is 6.07 Å². The minimum absolute atomic E-state index is 0.342. The van der Waals surface area contributed by atoms with E-state index >= 15 is 0 Å². The molecule has 0 fully saturated rings. The fourth-order valence-corrected chi connectivity index (χ4v) is 1.44. The number of fused-ring (bicyclic) bond motifs is 1. The predicted molar refractivity (Wildman–Crippen MR) is 57.9 cm³/mol. The minimum Gasteiger partial charge on any atom is -0.477 e. The van der Waals surface area contributed by atoms with Gasteiger partial charge in [-0.3, -0.25) is 10.1 Å². The van der Waals surface area contributed by atoms with Crippen LogP contribution in [0.15, 0.2) is 12.3 Å².